The van der Waals surface area contributed by atoms with Crippen LogP contribution in [0.25, 0.3) is 0 Å². The number of rotatable bonds is 2. The smallest absolute Gasteiger partial charge is 0.0139 e. The van der Waals surface area contributed by atoms with Crippen LogP contribution in [0.5, 0.6) is 0 Å². The Bertz CT molecular complexity index is 294. The van der Waals surface area contributed by atoms with E-state index in [9.17, 15) is 0 Å². The van der Waals surface area contributed by atoms with Crippen LogP contribution >= 0.6 is 0 Å². The summed E-state index contributed by atoms with van der Waals surface area (Å²) in [6.45, 7) is 14.6. The molecule has 0 amide bonds. The molecule has 0 radical (unpaired) electrons. The van der Waals surface area contributed by atoms with Crippen molar-refractivity contribution in [3.05, 3.63) is 0 Å². The third-order valence-corrected chi connectivity index (χ3v) is 5.85. The van der Waals surface area contributed by atoms with Gasteiger partial charge in [0.1, 0.15) is 0 Å². The van der Waals surface area contributed by atoms with E-state index in [0.717, 1.165) is 12.8 Å². The molecule has 2 saturated heterocycles. The lowest BCUT2D eigenvalue weighted by Crippen LogP contribution is -2.54. The Morgan fingerprint density at radius 3 is 2.11 bits per heavy atom. The second-order valence-electron chi connectivity index (χ2n) is 7.52. The van der Waals surface area contributed by atoms with E-state index in [-0.39, 0.29) is 0 Å². The number of likely N-dealkylation sites (tertiary alicyclic amines) is 2. The Balaban J connectivity index is 2.10. The molecule has 0 aromatic carbocycles. The summed E-state index contributed by atoms with van der Waals surface area (Å²) < 4.78 is 0. The standard InChI is InChI=1S/C15H31N3/c1-12(18-8-6-13(16)7-9-18)15(4)11-17(5)10-14(15,2)3/h12-13H,6-11,16H2,1-5H3. The number of nitrogens with zero attached hydrogens (tertiary/aromatic N) is 2. The van der Waals surface area contributed by atoms with Gasteiger partial charge in [0.2, 0.25) is 0 Å². The molecule has 2 aliphatic heterocycles. The summed E-state index contributed by atoms with van der Waals surface area (Å²) >= 11 is 0. The molecule has 2 aliphatic rings. The molecule has 106 valence electrons. The average molecular weight is 253 g/mol. The van der Waals surface area contributed by atoms with E-state index < -0.39 is 0 Å². The molecule has 2 N–H and O–H groups in total. The zero-order valence-electron chi connectivity index (χ0n) is 12.9. The van der Waals surface area contributed by atoms with Gasteiger partial charge in [-0.25, -0.2) is 0 Å². The minimum absolute atomic E-state index is 0.378. The van der Waals surface area contributed by atoms with Gasteiger partial charge in [-0.1, -0.05) is 20.8 Å². The summed E-state index contributed by atoms with van der Waals surface area (Å²) in [4.78, 5) is 5.16. The van der Waals surface area contributed by atoms with E-state index >= 15 is 0 Å². The molecule has 2 rings (SSSR count). The summed E-state index contributed by atoms with van der Waals surface area (Å²) in [6, 6.07) is 1.07. The van der Waals surface area contributed by atoms with Crippen molar-refractivity contribution in [1.29, 1.82) is 0 Å². The number of nitrogens with two attached hydrogens (primary N) is 1. The van der Waals surface area contributed by atoms with Crippen molar-refractivity contribution in [1.82, 2.24) is 9.80 Å². The monoisotopic (exact) mass is 253 g/mol. The van der Waals surface area contributed by atoms with Gasteiger partial charge in [0.25, 0.3) is 0 Å². The average Bonchev–Trinajstić information content (AvgIpc) is 2.48. The summed E-state index contributed by atoms with van der Waals surface area (Å²) in [5, 5.41) is 0. The maximum Gasteiger partial charge on any atom is 0.0139 e. The topological polar surface area (TPSA) is 32.5 Å². The second-order valence-corrected chi connectivity index (χ2v) is 7.52. The third-order valence-electron chi connectivity index (χ3n) is 5.85. The van der Waals surface area contributed by atoms with Crippen molar-refractivity contribution in [3.8, 4) is 0 Å². The van der Waals surface area contributed by atoms with Crippen LogP contribution in [0.1, 0.15) is 40.5 Å². The first-order valence-electron chi connectivity index (χ1n) is 7.44. The molecule has 2 unspecified atom stereocenters. The molecule has 0 aromatic rings. The van der Waals surface area contributed by atoms with Crippen molar-refractivity contribution in [2.45, 2.75) is 52.6 Å². The molecule has 3 nitrogen and oxygen atoms in total. The molecule has 2 atom stereocenters. The maximum atomic E-state index is 6.02. The van der Waals surface area contributed by atoms with Crippen LogP contribution in [0.15, 0.2) is 0 Å². The molecular weight excluding hydrogens is 222 g/mol. The zero-order valence-corrected chi connectivity index (χ0v) is 12.9. The van der Waals surface area contributed by atoms with Gasteiger partial charge < -0.3 is 10.6 Å². The third kappa shape index (κ3) is 2.33. The fourth-order valence-corrected chi connectivity index (χ4v) is 4.09. The largest absolute Gasteiger partial charge is 0.328 e. The SMILES string of the molecule is CC(N1CCC(N)CC1)C1(C)CN(C)CC1(C)C. The second kappa shape index (κ2) is 4.77. The highest BCUT2D eigenvalue weighted by Crippen LogP contribution is 2.49. The lowest BCUT2D eigenvalue weighted by atomic mass is 9.64. The maximum absolute atomic E-state index is 6.02. The van der Waals surface area contributed by atoms with Gasteiger partial charge in [0.15, 0.2) is 0 Å². The van der Waals surface area contributed by atoms with Gasteiger partial charge in [-0.2, -0.15) is 0 Å². The molecule has 18 heavy (non-hydrogen) atoms. The molecule has 0 saturated carbocycles. The van der Waals surface area contributed by atoms with Crippen LogP contribution in [0, 0.1) is 10.8 Å². The van der Waals surface area contributed by atoms with Crippen LogP contribution in [-0.4, -0.2) is 55.1 Å². The Hall–Kier alpha value is -0.120. The van der Waals surface area contributed by atoms with Gasteiger partial charge in [-0.3, -0.25) is 4.90 Å². The van der Waals surface area contributed by atoms with Crippen LogP contribution in [0.2, 0.25) is 0 Å². The van der Waals surface area contributed by atoms with Gasteiger partial charge in [-0.05, 0) is 45.3 Å². The minimum Gasteiger partial charge on any atom is -0.328 e. The van der Waals surface area contributed by atoms with E-state index in [2.05, 4.69) is 44.5 Å². The highest BCUT2D eigenvalue weighted by atomic mass is 15.2. The van der Waals surface area contributed by atoms with E-state index in [4.69, 9.17) is 5.73 Å². The van der Waals surface area contributed by atoms with Crippen LogP contribution in [-0.2, 0) is 0 Å². The quantitative estimate of drug-likeness (QED) is 0.814. The van der Waals surface area contributed by atoms with Crippen molar-refractivity contribution < 1.29 is 0 Å². The number of piperidine rings is 1. The fraction of sp³-hybridized carbons (Fsp3) is 1.00. The lowest BCUT2D eigenvalue weighted by Gasteiger charge is -2.48. The molecule has 0 aliphatic carbocycles. The molecule has 3 heteroatoms. The van der Waals surface area contributed by atoms with Gasteiger partial charge in [-0.15, -0.1) is 0 Å². The van der Waals surface area contributed by atoms with E-state index in [0.29, 0.717) is 22.9 Å². The normalized spacial score (nSPS) is 37.0. The van der Waals surface area contributed by atoms with E-state index in [1.54, 1.807) is 0 Å². The molecule has 2 fully saturated rings. The van der Waals surface area contributed by atoms with Crippen molar-refractivity contribution >= 4 is 0 Å². The summed E-state index contributed by atoms with van der Waals surface area (Å²) in [6.07, 6.45) is 2.33. The molecule has 0 bridgehead atoms. The predicted molar refractivity (Wildman–Crippen MR) is 77.6 cm³/mol. The highest BCUT2D eigenvalue weighted by Gasteiger charge is 2.52. The Morgan fingerprint density at radius 1 is 1.11 bits per heavy atom. The summed E-state index contributed by atoms with van der Waals surface area (Å²) in [7, 11) is 2.26. The zero-order chi connectivity index (χ0) is 13.6. The first-order valence-corrected chi connectivity index (χ1v) is 7.44. The Morgan fingerprint density at radius 2 is 1.67 bits per heavy atom. The first kappa shape index (κ1) is 14.3. The van der Waals surface area contributed by atoms with E-state index in [1.807, 2.05) is 0 Å². The predicted octanol–water partition coefficient (Wildman–Crippen LogP) is 1.78. The number of hydrogen-bond donors (Lipinski definition) is 1. The van der Waals surface area contributed by atoms with Crippen molar-refractivity contribution in [3.63, 3.8) is 0 Å². The van der Waals surface area contributed by atoms with Crippen molar-refractivity contribution in [2.75, 3.05) is 33.2 Å². The molecule has 2 heterocycles. The van der Waals surface area contributed by atoms with Gasteiger partial charge in [0, 0.05) is 30.6 Å². The summed E-state index contributed by atoms with van der Waals surface area (Å²) in [5.41, 5.74) is 6.79. The van der Waals surface area contributed by atoms with Crippen LogP contribution < -0.4 is 5.73 Å². The molecule has 0 aromatic heterocycles. The lowest BCUT2D eigenvalue weighted by molar-refractivity contribution is 0.0145. The van der Waals surface area contributed by atoms with Crippen LogP contribution in [0.3, 0.4) is 0 Å². The van der Waals surface area contributed by atoms with Crippen LogP contribution in [0.4, 0.5) is 0 Å². The van der Waals surface area contributed by atoms with Gasteiger partial charge in [0.05, 0.1) is 0 Å². The van der Waals surface area contributed by atoms with Crippen molar-refractivity contribution in [2.24, 2.45) is 16.6 Å². The minimum atomic E-state index is 0.378. The van der Waals surface area contributed by atoms with E-state index in [1.165, 1.54) is 26.2 Å². The Kier molecular flexibility index (Phi) is 3.79. The Labute approximate surface area is 113 Å². The molecule has 0 spiro atoms. The highest BCUT2D eigenvalue weighted by molar-refractivity contribution is 5.05. The summed E-state index contributed by atoms with van der Waals surface area (Å²) in [5.74, 6) is 0. The van der Waals surface area contributed by atoms with Gasteiger partial charge >= 0.3 is 0 Å². The first-order chi connectivity index (χ1) is 8.26. The molecular formula is C15H31N3. The number of hydrogen-bond acceptors (Lipinski definition) is 3. The fourth-order valence-electron chi connectivity index (χ4n) is 4.09.